The third kappa shape index (κ3) is 2.48. The zero-order valence-corrected chi connectivity index (χ0v) is 10.00. The van der Waals surface area contributed by atoms with Crippen molar-refractivity contribution in [3.05, 3.63) is 17.7 Å². The van der Waals surface area contributed by atoms with Crippen molar-refractivity contribution in [3.8, 4) is 0 Å². The van der Waals surface area contributed by atoms with Gasteiger partial charge in [-0.3, -0.25) is 0 Å². The van der Waals surface area contributed by atoms with E-state index < -0.39 is 0 Å². The number of anilines is 1. The van der Waals surface area contributed by atoms with Crippen LogP contribution in [0.25, 0.3) is 0 Å². The molecule has 0 aliphatic rings. The maximum Gasteiger partial charge on any atom is 0.282 e. The molecule has 2 aromatic heterocycles. The fourth-order valence-corrected chi connectivity index (χ4v) is 1.90. The molecule has 0 radical (unpaired) electrons. The first kappa shape index (κ1) is 10.9. The van der Waals surface area contributed by atoms with Crippen LogP contribution in [0.1, 0.15) is 11.6 Å². The van der Waals surface area contributed by atoms with E-state index in [-0.39, 0.29) is 0 Å². The Bertz CT molecular complexity index is 498. The molecule has 0 aliphatic carbocycles. The molecule has 16 heavy (non-hydrogen) atoms. The Morgan fingerprint density at radius 1 is 1.25 bits per heavy atom. The summed E-state index contributed by atoms with van der Waals surface area (Å²) in [6.45, 7) is 3.66. The van der Waals surface area contributed by atoms with Crippen LogP contribution in [0, 0.1) is 13.8 Å². The topological polar surface area (TPSA) is 76.7 Å². The fraction of sp³-hybridized carbons (Fsp3) is 0.333. The number of aromatic nitrogens is 4. The molecular formula is C9H11N5OS. The summed E-state index contributed by atoms with van der Waals surface area (Å²) in [5.74, 6) is 1.13. The number of rotatable bonds is 3. The van der Waals surface area contributed by atoms with Crippen molar-refractivity contribution in [2.45, 2.75) is 24.1 Å². The van der Waals surface area contributed by atoms with Crippen LogP contribution in [0.15, 0.2) is 20.7 Å². The van der Waals surface area contributed by atoms with E-state index in [1.807, 2.05) is 13.0 Å². The Labute approximate surface area is 96.9 Å². The van der Waals surface area contributed by atoms with Gasteiger partial charge in [0.2, 0.25) is 11.8 Å². The molecule has 0 atom stereocenters. The first-order valence-corrected chi connectivity index (χ1v) is 5.50. The summed E-state index contributed by atoms with van der Waals surface area (Å²) < 4.78 is 5.26. The third-order valence-corrected chi connectivity index (χ3v) is 2.51. The minimum absolute atomic E-state index is 0.484. The van der Waals surface area contributed by atoms with Crippen LogP contribution in [0.5, 0.6) is 0 Å². The van der Waals surface area contributed by atoms with Crippen molar-refractivity contribution in [3.63, 3.8) is 0 Å². The summed E-state index contributed by atoms with van der Waals surface area (Å²) in [6, 6.07) is 1.87. The van der Waals surface area contributed by atoms with Crippen LogP contribution in [0.4, 0.5) is 5.95 Å². The number of nitrogens with zero attached hydrogens (tertiary/aromatic N) is 4. The van der Waals surface area contributed by atoms with Crippen molar-refractivity contribution in [2.24, 2.45) is 0 Å². The molecule has 2 rings (SSSR count). The summed E-state index contributed by atoms with van der Waals surface area (Å²) in [5, 5.41) is 11.8. The fourth-order valence-electron chi connectivity index (χ4n) is 1.11. The molecular weight excluding hydrogens is 226 g/mol. The van der Waals surface area contributed by atoms with Crippen LogP contribution >= 0.6 is 11.8 Å². The van der Waals surface area contributed by atoms with Gasteiger partial charge in [-0.25, -0.2) is 9.97 Å². The quantitative estimate of drug-likeness (QED) is 0.813. The van der Waals surface area contributed by atoms with E-state index in [0.29, 0.717) is 17.1 Å². The maximum absolute atomic E-state index is 5.26. The molecule has 0 saturated carbocycles. The molecule has 0 amide bonds. The average Bonchev–Trinajstić information content (AvgIpc) is 2.63. The van der Waals surface area contributed by atoms with Crippen LogP contribution in [0.3, 0.4) is 0 Å². The molecule has 0 bridgehead atoms. The highest BCUT2D eigenvalue weighted by atomic mass is 32.2. The molecule has 0 aromatic carbocycles. The van der Waals surface area contributed by atoms with E-state index in [1.54, 1.807) is 14.0 Å². The summed E-state index contributed by atoms with van der Waals surface area (Å²) in [5.41, 5.74) is 0.887. The van der Waals surface area contributed by atoms with E-state index in [1.165, 1.54) is 11.8 Å². The number of hydrogen-bond acceptors (Lipinski definition) is 7. The number of hydrogen-bond donors (Lipinski definition) is 1. The molecule has 2 aromatic rings. The first-order valence-electron chi connectivity index (χ1n) is 4.69. The zero-order valence-electron chi connectivity index (χ0n) is 9.18. The molecule has 7 heteroatoms. The van der Waals surface area contributed by atoms with Crippen molar-refractivity contribution < 1.29 is 4.42 Å². The second kappa shape index (κ2) is 4.48. The lowest BCUT2D eigenvalue weighted by Crippen LogP contribution is -1.98. The summed E-state index contributed by atoms with van der Waals surface area (Å²) in [7, 11) is 1.78. The predicted octanol–water partition coefficient (Wildman–Crippen LogP) is 1.67. The molecule has 1 N–H and O–H groups in total. The van der Waals surface area contributed by atoms with Gasteiger partial charge in [-0.1, -0.05) is 0 Å². The molecule has 84 valence electrons. The Balaban J connectivity index is 2.24. The van der Waals surface area contributed by atoms with Crippen molar-refractivity contribution in [1.29, 1.82) is 0 Å². The Hall–Kier alpha value is -1.63. The lowest BCUT2D eigenvalue weighted by atomic mass is 10.5. The predicted molar refractivity (Wildman–Crippen MR) is 59.5 cm³/mol. The van der Waals surface area contributed by atoms with Crippen molar-refractivity contribution in [1.82, 2.24) is 20.2 Å². The summed E-state index contributed by atoms with van der Waals surface area (Å²) in [4.78, 5) is 8.47. The highest BCUT2D eigenvalue weighted by molar-refractivity contribution is 7.99. The largest absolute Gasteiger partial charge is 0.416 e. The molecule has 0 saturated heterocycles. The van der Waals surface area contributed by atoms with Crippen LogP contribution in [-0.2, 0) is 0 Å². The summed E-state index contributed by atoms with van der Waals surface area (Å²) >= 11 is 1.32. The van der Waals surface area contributed by atoms with Gasteiger partial charge in [0.05, 0.1) is 0 Å². The maximum atomic E-state index is 5.26. The van der Waals surface area contributed by atoms with Gasteiger partial charge in [-0.05, 0) is 24.8 Å². The smallest absolute Gasteiger partial charge is 0.282 e. The van der Waals surface area contributed by atoms with Gasteiger partial charge in [0.15, 0.2) is 0 Å². The molecule has 0 aliphatic heterocycles. The van der Waals surface area contributed by atoms with Gasteiger partial charge in [-0.15, -0.1) is 10.2 Å². The highest BCUT2D eigenvalue weighted by Crippen LogP contribution is 2.25. The van der Waals surface area contributed by atoms with Gasteiger partial charge < -0.3 is 9.73 Å². The molecule has 0 spiro atoms. The summed E-state index contributed by atoms with van der Waals surface area (Å²) in [6.07, 6.45) is 0. The first-order chi connectivity index (χ1) is 7.67. The molecule has 0 unspecified atom stereocenters. The average molecular weight is 237 g/mol. The van der Waals surface area contributed by atoms with Crippen LogP contribution < -0.4 is 5.32 Å². The minimum Gasteiger partial charge on any atom is -0.416 e. The van der Waals surface area contributed by atoms with E-state index >= 15 is 0 Å². The monoisotopic (exact) mass is 237 g/mol. The normalized spacial score (nSPS) is 10.4. The van der Waals surface area contributed by atoms with E-state index in [0.717, 1.165) is 10.7 Å². The van der Waals surface area contributed by atoms with Crippen molar-refractivity contribution in [2.75, 3.05) is 12.4 Å². The Kier molecular flexibility index (Phi) is 3.04. The van der Waals surface area contributed by atoms with Gasteiger partial charge in [0.1, 0.15) is 5.03 Å². The number of nitrogens with one attached hydrogen (secondary N) is 1. The SMILES string of the molecule is CNc1nc(C)cc(Sc2nnc(C)o2)n1. The Morgan fingerprint density at radius 3 is 2.69 bits per heavy atom. The highest BCUT2D eigenvalue weighted by Gasteiger charge is 2.08. The molecule has 2 heterocycles. The standard InChI is InChI=1S/C9H11N5OS/c1-5-4-7(12-8(10-3)11-5)16-9-14-13-6(2)15-9/h4H,1-3H3,(H,10,11,12). The van der Waals surface area contributed by atoms with Crippen LogP contribution in [-0.4, -0.2) is 27.2 Å². The van der Waals surface area contributed by atoms with Gasteiger partial charge >= 0.3 is 0 Å². The van der Waals surface area contributed by atoms with Gasteiger partial charge in [0.25, 0.3) is 5.22 Å². The second-order valence-corrected chi connectivity index (χ2v) is 4.08. The molecule has 0 fully saturated rings. The van der Waals surface area contributed by atoms with Gasteiger partial charge in [-0.2, -0.15) is 0 Å². The van der Waals surface area contributed by atoms with E-state index in [2.05, 4.69) is 25.5 Å². The van der Waals surface area contributed by atoms with Crippen molar-refractivity contribution >= 4 is 17.7 Å². The lowest BCUT2D eigenvalue weighted by Gasteiger charge is -2.02. The van der Waals surface area contributed by atoms with Crippen LogP contribution in [0.2, 0.25) is 0 Å². The number of aryl methyl sites for hydroxylation is 2. The molecule has 6 nitrogen and oxygen atoms in total. The van der Waals surface area contributed by atoms with Gasteiger partial charge in [0, 0.05) is 19.7 Å². The third-order valence-electron chi connectivity index (χ3n) is 1.75. The Morgan fingerprint density at radius 2 is 2.06 bits per heavy atom. The second-order valence-electron chi connectivity index (χ2n) is 3.11. The minimum atomic E-state index is 0.484. The zero-order chi connectivity index (χ0) is 11.5. The van der Waals surface area contributed by atoms with E-state index in [9.17, 15) is 0 Å². The lowest BCUT2D eigenvalue weighted by molar-refractivity contribution is 0.429. The van der Waals surface area contributed by atoms with E-state index in [4.69, 9.17) is 4.42 Å².